The number of nitrogens with zero attached hydrogens (tertiary/aromatic N) is 4. The average Bonchev–Trinajstić information content (AvgIpc) is 3.25. The predicted octanol–water partition coefficient (Wildman–Crippen LogP) is 3.17. The third-order valence-corrected chi connectivity index (χ3v) is 5.57. The fraction of sp³-hybridized carbons (Fsp3) is 0.348. The molecule has 1 aliphatic rings. The van der Waals surface area contributed by atoms with Crippen LogP contribution in [-0.4, -0.2) is 33.3 Å². The molecular weight excluding hydrogens is 362 g/mol. The van der Waals surface area contributed by atoms with Gasteiger partial charge in [0.1, 0.15) is 12.7 Å². The SMILES string of the molecule is C[C@@H]1CCc2ccccc2N1CCC(=O)NCc1ccc(Cn2cncn2)cc1. The van der Waals surface area contributed by atoms with Crippen LogP contribution in [0.15, 0.2) is 61.2 Å². The first-order valence-electron chi connectivity index (χ1n) is 10.2. The predicted molar refractivity (Wildman–Crippen MR) is 114 cm³/mol. The summed E-state index contributed by atoms with van der Waals surface area (Å²) in [6.07, 6.45) is 6.00. The number of nitrogens with one attached hydrogen (secondary N) is 1. The van der Waals surface area contributed by atoms with Crippen molar-refractivity contribution in [3.05, 3.63) is 77.9 Å². The Labute approximate surface area is 171 Å². The first-order chi connectivity index (χ1) is 14.2. The van der Waals surface area contributed by atoms with Crippen LogP contribution in [0, 0.1) is 0 Å². The molecule has 4 rings (SSSR count). The van der Waals surface area contributed by atoms with Gasteiger partial charge in [-0.1, -0.05) is 42.5 Å². The monoisotopic (exact) mass is 389 g/mol. The van der Waals surface area contributed by atoms with Crippen LogP contribution in [-0.2, 0) is 24.3 Å². The lowest BCUT2D eigenvalue weighted by Gasteiger charge is -2.37. The van der Waals surface area contributed by atoms with Crippen molar-refractivity contribution < 1.29 is 4.79 Å². The van der Waals surface area contributed by atoms with Crippen LogP contribution in [0.1, 0.15) is 36.5 Å². The molecule has 0 radical (unpaired) electrons. The molecule has 6 nitrogen and oxygen atoms in total. The minimum absolute atomic E-state index is 0.0898. The lowest BCUT2D eigenvalue weighted by Crippen LogP contribution is -2.39. The number of para-hydroxylation sites is 1. The number of carbonyl (C=O) groups is 1. The number of amides is 1. The van der Waals surface area contributed by atoms with Crippen LogP contribution < -0.4 is 10.2 Å². The molecule has 2 aromatic carbocycles. The molecule has 0 aliphatic carbocycles. The lowest BCUT2D eigenvalue weighted by atomic mass is 9.96. The van der Waals surface area contributed by atoms with E-state index in [0.717, 1.165) is 30.5 Å². The van der Waals surface area contributed by atoms with E-state index in [0.29, 0.717) is 25.6 Å². The Morgan fingerprint density at radius 2 is 1.93 bits per heavy atom. The Kier molecular flexibility index (Phi) is 5.89. The second-order valence-corrected chi connectivity index (χ2v) is 7.65. The van der Waals surface area contributed by atoms with Gasteiger partial charge in [0.15, 0.2) is 0 Å². The smallest absolute Gasteiger partial charge is 0.222 e. The van der Waals surface area contributed by atoms with Crippen LogP contribution >= 0.6 is 0 Å². The highest BCUT2D eigenvalue weighted by Crippen LogP contribution is 2.30. The number of aromatic nitrogens is 3. The van der Waals surface area contributed by atoms with E-state index < -0.39 is 0 Å². The van der Waals surface area contributed by atoms with E-state index in [4.69, 9.17) is 0 Å². The molecule has 1 N–H and O–H groups in total. The molecule has 0 unspecified atom stereocenters. The van der Waals surface area contributed by atoms with E-state index in [9.17, 15) is 4.79 Å². The first-order valence-corrected chi connectivity index (χ1v) is 10.2. The van der Waals surface area contributed by atoms with E-state index in [1.807, 2.05) is 0 Å². The number of rotatable bonds is 7. The van der Waals surface area contributed by atoms with Gasteiger partial charge in [0.25, 0.3) is 0 Å². The van der Waals surface area contributed by atoms with Gasteiger partial charge in [-0.15, -0.1) is 0 Å². The Hall–Kier alpha value is -3.15. The minimum atomic E-state index is 0.0898. The van der Waals surface area contributed by atoms with Crippen molar-refractivity contribution in [2.24, 2.45) is 0 Å². The van der Waals surface area contributed by atoms with Crippen molar-refractivity contribution >= 4 is 11.6 Å². The summed E-state index contributed by atoms with van der Waals surface area (Å²) < 4.78 is 1.79. The largest absolute Gasteiger partial charge is 0.368 e. The molecule has 29 heavy (non-hydrogen) atoms. The minimum Gasteiger partial charge on any atom is -0.368 e. The fourth-order valence-corrected chi connectivity index (χ4v) is 3.88. The summed E-state index contributed by atoms with van der Waals surface area (Å²) in [7, 11) is 0. The molecule has 150 valence electrons. The van der Waals surface area contributed by atoms with Crippen molar-refractivity contribution in [3.63, 3.8) is 0 Å². The highest BCUT2D eigenvalue weighted by molar-refractivity contribution is 5.76. The maximum absolute atomic E-state index is 12.4. The Morgan fingerprint density at radius 1 is 1.14 bits per heavy atom. The number of benzene rings is 2. The van der Waals surface area contributed by atoms with Gasteiger partial charge in [-0.3, -0.25) is 4.79 Å². The highest BCUT2D eigenvalue weighted by atomic mass is 16.1. The zero-order valence-corrected chi connectivity index (χ0v) is 16.8. The molecule has 1 aromatic heterocycles. The summed E-state index contributed by atoms with van der Waals surface area (Å²) in [5, 5.41) is 7.17. The topological polar surface area (TPSA) is 63.1 Å². The van der Waals surface area contributed by atoms with Crippen LogP contribution in [0.4, 0.5) is 5.69 Å². The third-order valence-electron chi connectivity index (χ3n) is 5.57. The van der Waals surface area contributed by atoms with Crippen molar-refractivity contribution in [1.29, 1.82) is 0 Å². The standard InChI is InChI=1S/C23H27N5O/c1-18-6-11-21-4-2-3-5-22(21)28(18)13-12-23(29)25-14-19-7-9-20(10-8-19)15-27-17-24-16-26-27/h2-5,7-10,16-18H,6,11-15H2,1H3,(H,25,29)/t18-/m1/s1. The third kappa shape index (κ3) is 4.83. The summed E-state index contributed by atoms with van der Waals surface area (Å²) in [5.74, 6) is 0.0898. The molecular formula is C23H27N5O. The molecule has 0 fully saturated rings. The zero-order chi connectivity index (χ0) is 20.1. The summed E-state index contributed by atoms with van der Waals surface area (Å²) in [4.78, 5) is 18.7. The van der Waals surface area contributed by atoms with Gasteiger partial charge in [0.05, 0.1) is 6.54 Å². The summed E-state index contributed by atoms with van der Waals surface area (Å²) in [6, 6.07) is 17.2. The molecule has 0 bridgehead atoms. The van der Waals surface area contributed by atoms with Gasteiger partial charge >= 0.3 is 0 Å². The lowest BCUT2D eigenvalue weighted by molar-refractivity contribution is -0.121. The van der Waals surface area contributed by atoms with E-state index in [-0.39, 0.29) is 5.91 Å². The Morgan fingerprint density at radius 3 is 2.72 bits per heavy atom. The summed E-state index contributed by atoms with van der Waals surface area (Å²) >= 11 is 0. The molecule has 3 aromatic rings. The van der Waals surface area contributed by atoms with E-state index in [1.165, 1.54) is 17.6 Å². The van der Waals surface area contributed by atoms with Gasteiger partial charge < -0.3 is 10.2 Å². The van der Waals surface area contributed by atoms with Crippen LogP contribution in [0.3, 0.4) is 0 Å². The van der Waals surface area contributed by atoms with E-state index in [2.05, 4.69) is 75.8 Å². The normalized spacial score (nSPS) is 15.8. The van der Waals surface area contributed by atoms with Gasteiger partial charge in [-0.2, -0.15) is 5.10 Å². The Bertz CT molecular complexity index is 936. The van der Waals surface area contributed by atoms with Gasteiger partial charge in [-0.05, 0) is 42.5 Å². The summed E-state index contributed by atoms with van der Waals surface area (Å²) in [5.41, 5.74) is 4.92. The van der Waals surface area contributed by atoms with Crippen LogP contribution in [0.25, 0.3) is 0 Å². The maximum Gasteiger partial charge on any atom is 0.222 e. The molecule has 0 saturated heterocycles. The first kappa shape index (κ1) is 19.2. The van der Waals surface area contributed by atoms with Crippen molar-refractivity contribution in [1.82, 2.24) is 20.1 Å². The van der Waals surface area contributed by atoms with Crippen molar-refractivity contribution in [3.8, 4) is 0 Å². The van der Waals surface area contributed by atoms with Crippen LogP contribution in [0.5, 0.6) is 0 Å². The molecule has 1 amide bonds. The number of carbonyl (C=O) groups excluding carboxylic acids is 1. The fourth-order valence-electron chi connectivity index (χ4n) is 3.88. The van der Waals surface area contributed by atoms with Crippen molar-refractivity contribution in [2.75, 3.05) is 11.4 Å². The second kappa shape index (κ2) is 8.90. The zero-order valence-electron chi connectivity index (χ0n) is 16.8. The molecule has 6 heteroatoms. The number of hydrogen-bond acceptors (Lipinski definition) is 4. The number of aryl methyl sites for hydroxylation is 1. The number of anilines is 1. The highest BCUT2D eigenvalue weighted by Gasteiger charge is 2.22. The summed E-state index contributed by atoms with van der Waals surface area (Å²) in [6.45, 7) is 4.24. The van der Waals surface area contributed by atoms with E-state index >= 15 is 0 Å². The Balaban J connectivity index is 1.26. The molecule has 0 spiro atoms. The second-order valence-electron chi connectivity index (χ2n) is 7.65. The quantitative estimate of drug-likeness (QED) is 0.674. The molecule has 0 saturated carbocycles. The van der Waals surface area contributed by atoms with E-state index in [1.54, 1.807) is 11.0 Å². The number of fused-ring (bicyclic) bond motifs is 1. The van der Waals surface area contributed by atoms with Crippen molar-refractivity contribution in [2.45, 2.75) is 45.3 Å². The van der Waals surface area contributed by atoms with Gasteiger partial charge in [0.2, 0.25) is 5.91 Å². The van der Waals surface area contributed by atoms with Gasteiger partial charge in [0, 0.05) is 31.2 Å². The maximum atomic E-state index is 12.4. The molecule has 2 heterocycles. The number of hydrogen-bond donors (Lipinski definition) is 1. The average molecular weight is 390 g/mol. The van der Waals surface area contributed by atoms with Crippen LogP contribution in [0.2, 0.25) is 0 Å². The van der Waals surface area contributed by atoms with Gasteiger partial charge in [-0.25, -0.2) is 9.67 Å². The molecule has 1 atom stereocenters. The molecule has 1 aliphatic heterocycles.